The number of nitriles is 1. The Morgan fingerprint density at radius 1 is 1.53 bits per heavy atom. The fraction of sp³-hybridized carbons (Fsp3) is 0.0909. The number of rotatable bonds is 4. The van der Waals surface area contributed by atoms with Crippen molar-refractivity contribution in [1.29, 1.82) is 5.26 Å². The van der Waals surface area contributed by atoms with Crippen LogP contribution in [0.5, 0.6) is 0 Å². The lowest BCUT2D eigenvalue weighted by Crippen LogP contribution is -2.14. The van der Waals surface area contributed by atoms with Crippen LogP contribution >= 0.6 is 11.6 Å². The van der Waals surface area contributed by atoms with Crippen molar-refractivity contribution < 1.29 is 4.79 Å². The molecule has 0 fully saturated rings. The van der Waals surface area contributed by atoms with Gasteiger partial charge in [-0.25, -0.2) is 0 Å². The molecule has 0 aliphatic heterocycles. The van der Waals surface area contributed by atoms with E-state index >= 15 is 0 Å². The maximum absolute atomic E-state index is 10.2. The summed E-state index contributed by atoms with van der Waals surface area (Å²) >= 11 is 5.96. The van der Waals surface area contributed by atoms with Gasteiger partial charge in [-0.2, -0.15) is 5.26 Å². The number of carbonyl (C=O) groups excluding carboxylic acids is 1. The molecule has 0 saturated carbocycles. The van der Waals surface area contributed by atoms with Crippen LogP contribution in [0.25, 0.3) is 5.70 Å². The molecule has 0 saturated heterocycles. The van der Waals surface area contributed by atoms with Crippen molar-refractivity contribution in [3.63, 3.8) is 0 Å². The summed E-state index contributed by atoms with van der Waals surface area (Å²) in [6.45, 7) is 0.152. The van der Waals surface area contributed by atoms with Crippen molar-refractivity contribution in [2.24, 2.45) is 0 Å². The van der Waals surface area contributed by atoms with Gasteiger partial charge in [0.25, 0.3) is 0 Å². The summed E-state index contributed by atoms with van der Waals surface area (Å²) in [7, 11) is 0. The lowest BCUT2D eigenvalue weighted by Gasteiger charge is -2.08. The van der Waals surface area contributed by atoms with Crippen molar-refractivity contribution >= 4 is 23.6 Å². The first-order valence-corrected chi connectivity index (χ1v) is 4.69. The summed E-state index contributed by atoms with van der Waals surface area (Å²) in [4.78, 5) is 10.2. The molecule has 0 aliphatic rings. The molecular formula is C11H9ClN2O. The Balaban J connectivity index is 3.01. The third kappa shape index (κ3) is 3.12. The van der Waals surface area contributed by atoms with Crippen LogP contribution < -0.4 is 5.32 Å². The van der Waals surface area contributed by atoms with E-state index in [0.29, 0.717) is 16.3 Å². The molecule has 3 nitrogen and oxygen atoms in total. The van der Waals surface area contributed by atoms with Crippen LogP contribution in [0, 0.1) is 11.3 Å². The minimum Gasteiger partial charge on any atom is -0.377 e. The monoisotopic (exact) mass is 220 g/mol. The lowest BCUT2D eigenvalue weighted by atomic mass is 10.1. The molecule has 0 atom stereocenters. The molecule has 1 aromatic carbocycles. The number of carbonyl (C=O) groups is 1. The number of nitrogens with one attached hydrogen (secondary N) is 1. The first-order valence-electron chi connectivity index (χ1n) is 4.31. The van der Waals surface area contributed by atoms with Crippen LogP contribution in [0.2, 0.25) is 5.02 Å². The van der Waals surface area contributed by atoms with Crippen LogP contribution in [-0.4, -0.2) is 12.8 Å². The quantitative estimate of drug-likeness (QED) is 0.624. The average molecular weight is 221 g/mol. The van der Waals surface area contributed by atoms with Gasteiger partial charge in [0.2, 0.25) is 0 Å². The van der Waals surface area contributed by atoms with Crippen LogP contribution in [0.15, 0.2) is 30.3 Å². The lowest BCUT2D eigenvalue weighted by molar-refractivity contribution is -0.107. The fourth-order valence-electron chi connectivity index (χ4n) is 1.12. The third-order valence-corrected chi connectivity index (χ3v) is 2.08. The maximum atomic E-state index is 10.2. The van der Waals surface area contributed by atoms with Crippen molar-refractivity contribution in [2.75, 3.05) is 6.54 Å². The largest absolute Gasteiger partial charge is 0.377 e. The smallest absolute Gasteiger partial charge is 0.139 e. The van der Waals surface area contributed by atoms with Crippen LogP contribution in [0.3, 0.4) is 0 Å². The molecule has 0 radical (unpaired) electrons. The highest BCUT2D eigenvalue weighted by molar-refractivity contribution is 6.32. The molecule has 76 valence electrons. The summed E-state index contributed by atoms with van der Waals surface area (Å²) in [5, 5.41) is 11.9. The minimum absolute atomic E-state index is 0.152. The summed E-state index contributed by atoms with van der Waals surface area (Å²) in [5.41, 5.74) is 1.26. The Morgan fingerprint density at radius 3 is 2.87 bits per heavy atom. The van der Waals surface area contributed by atoms with E-state index in [1.807, 2.05) is 12.1 Å². The Kier molecular flexibility index (Phi) is 4.39. The minimum atomic E-state index is 0.152. The van der Waals surface area contributed by atoms with Crippen LogP contribution in [-0.2, 0) is 4.79 Å². The first kappa shape index (κ1) is 11.3. The van der Waals surface area contributed by atoms with E-state index in [0.717, 1.165) is 6.29 Å². The number of aldehydes is 1. The second-order valence-corrected chi connectivity index (χ2v) is 3.12. The van der Waals surface area contributed by atoms with Gasteiger partial charge in [-0.05, 0) is 6.07 Å². The van der Waals surface area contributed by atoms with Crippen LogP contribution in [0.1, 0.15) is 5.56 Å². The van der Waals surface area contributed by atoms with E-state index in [1.165, 1.54) is 6.08 Å². The fourth-order valence-corrected chi connectivity index (χ4v) is 1.36. The van der Waals surface area contributed by atoms with E-state index in [2.05, 4.69) is 5.32 Å². The van der Waals surface area contributed by atoms with Crippen molar-refractivity contribution in [3.05, 3.63) is 40.9 Å². The molecule has 4 heteroatoms. The zero-order valence-electron chi connectivity index (χ0n) is 7.90. The van der Waals surface area contributed by atoms with Gasteiger partial charge in [0, 0.05) is 16.7 Å². The summed E-state index contributed by atoms with van der Waals surface area (Å²) in [6, 6.07) is 9.03. The van der Waals surface area contributed by atoms with Crippen molar-refractivity contribution in [1.82, 2.24) is 5.32 Å². The predicted molar refractivity (Wildman–Crippen MR) is 59.1 cm³/mol. The number of hydrogen-bond acceptors (Lipinski definition) is 3. The standard InChI is InChI=1S/C11H9ClN2O/c12-10-4-2-1-3-9(10)11(5-6-13)14-7-8-15/h1-5,8,14H,7H2/b11-5-. The number of hydrogen-bond donors (Lipinski definition) is 1. The normalized spacial score (nSPS) is 10.5. The summed E-state index contributed by atoms with van der Waals surface area (Å²) < 4.78 is 0. The van der Waals surface area contributed by atoms with E-state index in [-0.39, 0.29) is 6.54 Å². The van der Waals surface area contributed by atoms with E-state index < -0.39 is 0 Å². The molecular weight excluding hydrogens is 212 g/mol. The van der Waals surface area contributed by atoms with Gasteiger partial charge in [-0.1, -0.05) is 29.8 Å². The highest BCUT2D eigenvalue weighted by Crippen LogP contribution is 2.21. The molecule has 1 rings (SSSR count). The molecule has 1 N–H and O–H groups in total. The summed E-state index contributed by atoms with van der Waals surface area (Å²) in [6.07, 6.45) is 2.05. The molecule has 0 aliphatic carbocycles. The predicted octanol–water partition coefficient (Wildman–Crippen LogP) is 1.99. The van der Waals surface area contributed by atoms with Gasteiger partial charge in [-0.15, -0.1) is 0 Å². The highest BCUT2D eigenvalue weighted by Gasteiger charge is 2.04. The second-order valence-electron chi connectivity index (χ2n) is 2.71. The van der Waals surface area contributed by atoms with E-state index in [1.54, 1.807) is 18.2 Å². The maximum Gasteiger partial charge on any atom is 0.139 e. The van der Waals surface area contributed by atoms with Crippen molar-refractivity contribution in [3.8, 4) is 6.07 Å². The zero-order valence-corrected chi connectivity index (χ0v) is 8.66. The number of benzene rings is 1. The SMILES string of the molecule is N#C/C=C(\NCC=O)c1ccccc1Cl. The average Bonchev–Trinajstić information content (AvgIpc) is 2.25. The second kappa shape index (κ2) is 5.84. The van der Waals surface area contributed by atoms with E-state index in [9.17, 15) is 4.79 Å². The number of allylic oxidation sites excluding steroid dienone is 1. The van der Waals surface area contributed by atoms with Gasteiger partial charge < -0.3 is 10.1 Å². The van der Waals surface area contributed by atoms with Gasteiger partial charge in [0.05, 0.1) is 18.3 Å². The van der Waals surface area contributed by atoms with Crippen molar-refractivity contribution in [2.45, 2.75) is 0 Å². The Morgan fingerprint density at radius 2 is 2.27 bits per heavy atom. The van der Waals surface area contributed by atoms with Gasteiger partial charge >= 0.3 is 0 Å². The van der Waals surface area contributed by atoms with E-state index in [4.69, 9.17) is 16.9 Å². The van der Waals surface area contributed by atoms with Gasteiger partial charge in [0.15, 0.2) is 0 Å². The molecule has 15 heavy (non-hydrogen) atoms. The number of nitrogens with zero attached hydrogens (tertiary/aromatic N) is 1. The van der Waals surface area contributed by atoms with Gasteiger partial charge in [0.1, 0.15) is 6.29 Å². The Labute approximate surface area is 93.0 Å². The Bertz CT molecular complexity index is 421. The first-order chi connectivity index (χ1) is 7.29. The van der Waals surface area contributed by atoms with Crippen LogP contribution in [0.4, 0.5) is 0 Å². The molecule has 1 aromatic rings. The molecule has 0 amide bonds. The summed E-state index contributed by atoms with van der Waals surface area (Å²) in [5.74, 6) is 0. The highest BCUT2D eigenvalue weighted by atomic mass is 35.5. The molecule has 0 bridgehead atoms. The molecule has 0 heterocycles. The molecule has 0 spiro atoms. The topological polar surface area (TPSA) is 52.9 Å². The third-order valence-electron chi connectivity index (χ3n) is 1.75. The Hall–Kier alpha value is -1.79. The van der Waals surface area contributed by atoms with Gasteiger partial charge in [-0.3, -0.25) is 0 Å². The molecule has 0 aromatic heterocycles. The zero-order chi connectivity index (χ0) is 11.1. The number of halogens is 1. The molecule has 0 unspecified atom stereocenters.